The normalized spacial score (nSPS) is 14.0. The van der Waals surface area contributed by atoms with Crippen LogP contribution >= 0.6 is 0 Å². The molecule has 72 heavy (non-hydrogen) atoms. The van der Waals surface area contributed by atoms with Gasteiger partial charge in [0.05, 0.1) is 6.54 Å². The van der Waals surface area contributed by atoms with Crippen molar-refractivity contribution in [3.8, 4) is 0 Å². The van der Waals surface area contributed by atoms with E-state index in [1.807, 2.05) is 55.4 Å². The summed E-state index contributed by atoms with van der Waals surface area (Å²) in [4.78, 5) is 108. The van der Waals surface area contributed by atoms with Gasteiger partial charge in [-0.3, -0.25) is 38.4 Å². The Morgan fingerprint density at radius 2 is 0.653 bits per heavy atom. The van der Waals surface area contributed by atoms with Crippen LogP contribution in [-0.4, -0.2) is 103 Å². The summed E-state index contributed by atoms with van der Waals surface area (Å²) in [5.74, 6) is -4.57. The zero-order valence-electron chi connectivity index (χ0n) is 46.4. The lowest BCUT2D eigenvalue weighted by molar-refractivity contribution is -0.136. The lowest BCUT2D eigenvalue weighted by atomic mass is 9.98. The van der Waals surface area contributed by atoms with Crippen LogP contribution in [0.25, 0.3) is 0 Å². The van der Waals surface area contributed by atoms with E-state index < -0.39 is 84.1 Å². The number of rotatable bonds is 44. The Hall–Kier alpha value is -4.32. The monoisotopic (exact) mass is 1020 g/mol. The van der Waals surface area contributed by atoms with E-state index in [0.717, 1.165) is 25.7 Å². The van der Waals surface area contributed by atoms with Crippen molar-refractivity contribution in [3.05, 3.63) is 0 Å². The van der Waals surface area contributed by atoms with Crippen LogP contribution < -0.4 is 54.4 Å². The molecular formula is C54H104N10O8. The fourth-order valence-corrected chi connectivity index (χ4v) is 8.56. The summed E-state index contributed by atoms with van der Waals surface area (Å²) in [6.45, 7) is 17.9. The van der Waals surface area contributed by atoms with Gasteiger partial charge in [0.15, 0.2) is 0 Å². The van der Waals surface area contributed by atoms with E-state index in [9.17, 15) is 38.4 Å². The van der Waals surface area contributed by atoms with Gasteiger partial charge in [0, 0.05) is 6.42 Å². The van der Waals surface area contributed by atoms with Crippen molar-refractivity contribution in [2.24, 2.45) is 40.9 Å². The zero-order valence-corrected chi connectivity index (χ0v) is 46.4. The van der Waals surface area contributed by atoms with Crippen molar-refractivity contribution in [2.45, 2.75) is 253 Å². The summed E-state index contributed by atoms with van der Waals surface area (Å²) in [5, 5.41) is 19.5. The molecule has 0 aromatic heterocycles. The number of hydrogen-bond donors (Lipinski definition) is 10. The standard InChI is InChI=1S/C54H104N10O8/c1-10-11-12-13-14-15-16-17-18-19-20-21-22-29-48(66)59-43(32-37(2)3)51(69)63-45(34-39(6)7)53(71)61-42(28-24-26-31-56)50(68)62-46(35-40(8)9)54(72)64-44(33-38(4)5)52(70)60-41(27-23-25-30-55)49(67)58-36-47(57)65/h37-46H,10-36,55-56H2,1-9H3,(H2,57,65)(H,58,67)(H,59,66)(H,60,70)(H,61,71)(H,62,68)(H,63,69)(H,64,72)/t41-,42+,43+,44+,45+,46+/m1/s1. The molecule has 0 aromatic carbocycles. The molecule has 0 unspecified atom stereocenters. The maximum Gasteiger partial charge on any atom is 0.243 e. The van der Waals surface area contributed by atoms with Crippen molar-refractivity contribution in [1.29, 1.82) is 0 Å². The third-order valence-electron chi connectivity index (χ3n) is 12.5. The van der Waals surface area contributed by atoms with Gasteiger partial charge in [-0.25, -0.2) is 0 Å². The first-order chi connectivity index (χ1) is 34.1. The topological polar surface area (TPSA) is 299 Å². The van der Waals surface area contributed by atoms with E-state index >= 15 is 0 Å². The van der Waals surface area contributed by atoms with Crippen LogP contribution in [0, 0.1) is 23.7 Å². The Morgan fingerprint density at radius 1 is 0.361 bits per heavy atom. The van der Waals surface area contributed by atoms with Gasteiger partial charge in [0.2, 0.25) is 47.3 Å². The predicted molar refractivity (Wildman–Crippen MR) is 288 cm³/mol. The third kappa shape index (κ3) is 34.2. The first-order valence-electron chi connectivity index (χ1n) is 27.9. The maximum absolute atomic E-state index is 14.2. The Kier molecular flexibility index (Phi) is 38.6. The number of nitrogens with two attached hydrogens (primary N) is 3. The van der Waals surface area contributed by atoms with Gasteiger partial charge in [-0.05, 0) is 107 Å². The second-order valence-electron chi connectivity index (χ2n) is 21.7. The van der Waals surface area contributed by atoms with Gasteiger partial charge in [-0.2, -0.15) is 0 Å². The highest BCUT2D eigenvalue weighted by atomic mass is 16.2. The summed E-state index contributed by atoms with van der Waals surface area (Å²) in [5.41, 5.74) is 16.7. The maximum atomic E-state index is 14.2. The van der Waals surface area contributed by atoms with Gasteiger partial charge in [0.1, 0.15) is 36.3 Å². The first kappa shape index (κ1) is 67.7. The molecule has 18 heteroatoms. The van der Waals surface area contributed by atoms with Crippen LogP contribution in [-0.2, 0) is 38.4 Å². The SMILES string of the molecule is CCCCCCCCCCCCCCCC(=O)N[C@@H](CC(C)C)C(=O)N[C@@H](CC(C)C)C(=O)N[C@@H](CCCCN)C(=O)N[C@@H](CC(C)C)C(=O)N[C@@H](CC(C)C)C(=O)N[C@H](CCCCN)C(=O)NCC(N)=O. The van der Waals surface area contributed by atoms with Crippen LogP contribution in [0.2, 0.25) is 0 Å². The summed E-state index contributed by atoms with van der Waals surface area (Å²) in [6.07, 6.45) is 19.5. The highest BCUT2D eigenvalue weighted by Gasteiger charge is 2.34. The van der Waals surface area contributed by atoms with Gasteiger partial charge in [-0.15, -0.1) is 0 Å². The minimum atomic E-state index is -1.11. The smallest absolute Gasteiger partial charge is 0.243 e. The molecule has 13 N–H and O–H groups in total. The highest BCUT2D eigenvalue weighted by molar-refractivity contribution is 5.97. The van der Waals surface area contributed by atoms with Gasteiger partial charge in [-0.1, -0.05) is 139 Å². The van der Waals surface area contributed by atoms with E-state index in [0.29, 0.717) is 51.6 Å². The van der Waals surface area contributed by atoms with E-state index in [1.165, 1.54) is 57.8 Å². The minimum Gasteiger partial charge on any atom is -0.368 e. The number of hydrogen-bond acceptors (Lipinski definition) is 10. The summed E-state index contributed by atoms with van der Waals surface area (Å²) >= 11 is 0. The molecule has 8 amide bonds. The third-order valence-corrected chi connectivity index (χ3v) is 12.5. The molecular weight excluding hydrogens is 917 g/mol. The number of nitrogens with one attached hydrogen (secondary N) is 7. The molecule has 0 spiro atoms. The lowest BCUT2D eigenvalue weighted by Gasteiger charge is -2.29. The summed E-state index contributed by atoms with van der Waals surface area (Å²) < 4.78 is 0. The molecule has 0 heterocycles. The fourth-order valence-electron chi connectivity index (χ4n) is 8.56. The quantitative estimate of drug-likeness (QED) is 0.0346. The van der Waals surface area contributed by atoms with E-state index in [2.05, 4.69) is 44.1 Å². The highest BCUT2D eigenvalue weighted by Crippen LogP contribution is 2.16. The number of amides is 8. The van der Waals surface area contributed by atoms with E-state index in [-0.39, 0.29) is 61.7 Å². The van der Waals surface area contributed by atoms with Crippen LogP contribution in [0.3, 0.4) is 0 Å². The Labute approximate surface area is 434 Å². The van der Waals surface area contributed by atoms with Crippen molar-refractivity contribution in [1.82, 2.24) is 37.2 Å². The summed E-state index contributed by atoms with van der Waals surface area (Å²) in [6, 6.07) is -6.22. The van der Waals surface area contributed by atoms with Crippen LogP contribution in [0.4, 0.5) is 0 Å². The summed E-state index contributed by atoms with van der Waals surface area (Å²) in [7, 11) is 0. The molecule has 0 rings (SSSR count). The molecule has 6 atom stereocenters. The second-order valence-corrected chi connectivity index (χ2v) is 21.7. The average Bonchev–Trinajstić information content (AvgIpc) is 3.29. The molecule has 0 saturated carbocycles. The predicted octanol–water partition coefficient (Wildman–Crippen LogP) is 5.42. The van der Waals surface area contributed by atoms with Gasteiger partial charge >= 0.3 is 0 Å². The van der Waals surface area contributed by atoms with Crippen LogP contribution in [0.15, 0.2) is 0 Å². The van der Waals surface area contributed by atoms with Crippen molar-refractivity contribution >= 4 is 47.3 Å². The number of carbonyl (C=O) groups is 8. The second kappa shape index (κ2) is 41.1. The molecule has 0 aromatic rings. The van der Waals surface area contributed by atoms with Gasteiger partial charge < -0.3 is 54.4 Å². The van der Waals surface area contributed by atoms with Crippen molar-refractivity contribution in [2.75, 3.05) is 19.6 Å². The fraction of sp³-hybridized carbons (Fsp3) is 0.852. The molecule has 0 bridgehead atoms. The molecule has 0 radical (unpaired) electrons. The minimum absolute atomic E-state index is 0.0277. The number of primary amides is 1. The first-order valence-corrected chi connectivity index (χ1v) is 27.9. The molecule has 418 valence electrons. The molecule has 0 saturated heterocycles. The van der Waals surface area contributed by atoms with Crippen LogP contribution in [0.5, 0.6) is 0 Å². The Morgan fingerprint density at radius 3 is 0.972 bits per heavy atom. The zero-order chi connectivity index (χ0) is 54.4. The molecule has 0 aliphatic rings. The number of unbranched alkanes of at least 4 members (excludes halogenated alkanes) is 14. The van der Waals surface area contributed by atoms with E-state index in [1.54, 1.807) is 0 Å². The molecule has 0 fully saturated rings. The van der Waals surface area contributed by atoms with E-state index in [4.69, 9.17) is 17.2 Å². The Balaban J connectivity index is 6.06. The van der Waals surface area contributed by atoms with Crippen molar-refractivity contribution < 1.29 is 38.4 Å². The molecule has 18 nitrogen and oxygen atoms in total. The van der Waals surface area contributed by atoms with Crippen molar-refractivity contribution in [3.63, 3.8) is 0 Å². The van der Waals surface area contributed by atoms with Gasteiger partial charge in [0.25, 0.3) is 0 Å². The average molecular weight is 1020 g/mol. The Bertz CT molecular complexity index is 1560. The largest absolute Gasteiger partial charge is 0.368 e. The number of carbonyl (C=O) groups excluding carboxylic acids is 8. The lowest BCUT2D eigenvalue weighted by Crippen LogP contribution is -2.60. The molecule has 0 aliphatic heterocycles. The molecule has 0 aliphatic carbocycles. The van der Waals surface area contributed by atoms with Crippen LogP contribution in [0.1, 0.15) is 216 Å².